The molecule has 0 saturated carbocycles. The van der Waals surface area contributed by atoms with Crippen molar-refractivity contribution in [3.05, 3.63) is 106 Å². The molecule has 5 aromatic rings. The number of nitrogens with one attached hydrogen (secondary N) is 1. The van der Waals surface area contributed by atoms with Crippen LogP contribution in [0, 0.1) is 6.92 Å². The average molecular weight is 775 g/mol. The summed E-state index contributed by atoms with van der Waals surface area (Å²) >= 11 is 0. The van der Waals surface area contributed by atoms with Crippen LogP contribution in [0.15, 0.2) is 66.9 Å². The number of ether oxygens (including phenoxy) is 2. The first-order valence-electron chi connectivity index (χ1n) is 20.0. The molecule has 0 unspecified atom stereocenters. The van der Waals surface area contributed by atoms with Crippen molar-refractivity contribution in [1.29, 1.82) is 0 Å². The SMILES string of the molecule is CCc1nc2c(cnn2CC)c(NC2CCOCC2)c1CN(Cc1ccc(OC)c(-c2cccc(CN(C)CCN(C)C)c2)c1)C(=O)c1cc(C)cc(C(N)=O)c1. The molecule has 6 rings (SSSR count). The van der Waals surface area contributed by atoms with Crippen LogP contribution >= 0.6 is 0 Å². The van der Waals surface area contributed by atoms with E-state index in [2.05, 4.69) is 80.4 Å². The Bertz CT molecular complexity index is 2190. The van der Waals surface area contributed by atoms with Crippen LogP contribution in [0.3, 0.4) is 0 Å². The molecule has 0 aliphatic carbocycles. The maximum Gasteiger partial charge on any atom is 0.254 e. The Morgan fingerprint density at radius 3 is 2.40 bits per heavy atom. The molecule has 0 radical (unpaired) electrons. The summed E-state index contributed by atoms with van der Waals surface area (Å²) in [6.45, 7) is 11.4. The molecule has 3 aromatic carbocycles. The molecule has 1 aliphatic rings. The number of anilines is 1. The van der Waals surface area contributed by atoms with E-state index in [0.29, 0.717) is 37.3 Å². The third-order valence-electron chi connectivity index (χ3n) is 10.7. The number of aryl methyl sites for hydroxylation is 3. The van der Waals surface area contributed by atoms with Crippen LogP contribution in [0.4, 0.5) is 5.69 Å². The number of methoxy groups -OCH3 is 1. The van der Waals surface area contributed by atoms with Crippen LogP contribution in [0.25, 0.3) is 22.2 Å². The van der Waals surface area contributed by atoms with Gasteiger partial charge in [0, 0.05) is 79.9 Å². The summed E-state index contributed by atoms with van der Waals surface area (Å²) in [5.41, 5.74) is 14.9. The number of rotatable bonds is 17. The van der Waals surface area contributed by atoms with E-state index in [1.54, 1.807) is 19.2 Å². The van der Waals surface area contributed by atoms with Gasteiger partial charge in [0.15, 0.2) is 5.65 Å². The minimum absolute atomic E-state index is 0.199. The Labute approximate surface area is 336 Å². The van der Waals surface area contributed by atoms with Crippen LogP contribution in [0.2, 0.25) is 0 Å². The van der Waals surface area contributed by atoms with E-state index in [-0.39, 0.29) is 25.0 Å². The molecule has 57 heavy (non-hydrogen) atoms. The van der Waals surface area contributed by atoms with Gasteiger partial charge in [-0.25, -0.2) is 9.67 Å². The van der Waals surface area contributed by atoms with Crippen molar-refractivity contribution in [2.75, 3.05) is 59.9 Å². The van der Waals surface area contributed by atoms with Crippen LogP contribution < -0.4 is 15.8 Å². The quantitative estimate of drug-likeness (QED) is 0.108. The zero-order valence-corrected chi connectivity index (χ0v) is 34.6. The molecule has 302 valence electrons. The molecule has 12 heteroatoms. The maximum atomic E-state index is 14.9. The number of carbonyl (C=O) groups is 2. The second-order valence-electron chi connectivity index (χ2n) is 15.4. The fraction of sp³-hybridized carbons (Fsp3) is 0.422. The fourth-order valence-electron chi connectivity index (χ4n) is 7.60. The van der Waals surface area contributed by atoms with E-state index in [9.17, 15) is 9.59 Å². The minimum atomic E-state index is -0.580. The van der Waals surface area contributed by atoms with E-state index in [0.717, 1.165) is 88.5 Å². The summed E-state index contributed by atoms with van der Waals surface area (Å²) in [5, 5.41) is 9.48. The third kappa shape index (κ3) is 9.99. The van der Waals surface area contributed by atoms with E-state index in [1.165, 1.54) is 5.56 Å². The molecule has 3 N–H and O–H groups in total. The van der Waals surface area contributed by atoms with Crippen LogP contribution in [0.1, 0.15) is 75.4 Å². The highest BCUT2D eigenvalue weighted by Gasteiger charge is 2.26. The fourth-order valence-corrected chi connectivity index (χ4v) is 7.60. The molecule has 0 atom stereocenters. The number of nitrogens with two attached hydrogens (primary N) is 1. The van der Waals surface area contributed by atoms with Crippen molar-refractivity contribution in [3.8, 4) is 16.9 Å². The Balaban J connectivity index is 1.43. The summed E-state index contributed by atoms with van der Waals surface area (Å²) in [6, 6.07) is 20.0. The van der Waals surface area contributed by atoms with Gasteiger partial charge in [0.05, 0.1) is 30.9 Å². The van der Waals surface area contributed by atoms with Gasteiger partial charge in [-0.1, -0.05) is 31.2 Å². The number of primary amides is 1. The van der Waals surface area contributed by atoms with Crippen molar-refractivity contribution in [3.63, 3.8) is 0 Å². The number of nitrogens with zero attached hydrogens (tertiary/aromatic N) is 6. The van der Waals surface area contributed by atoms with Crippen molar-refractivity contribution >= 4 is 28.5 Å². The molecular weight excluding hydrogens is 717 g/mol. The van der Waals surface area contributed by atoms with Crippen molar-refractivity contribution in [1.82, 2.24) is 29.5 Å². The highest BCUT2D eigenvalue weighted by Crippen LogP contribution is 2.35. The Kier molecular flexibility index (Phi) is 13.6. The number of benzene rings is 3. The molecule has 2 amide bonds. The zero-order chi connectivity index (χ0) is 40.6. The average Bonchev–Trinajstić information content (AvgIpc) is 3.63. The number of likely N-dealkylation sites (N-methyl/N-ethyl adjacent to an activating group) is 2. The second-order valence-corrected chi connectivity index (χ2v) is 15.4. The molecule has 1 saturated heterocycles. The smallest absolute Gasteiger partial charge is 0.254 e. The van der Waals surface area contributed by atoms with Crippen molar-refractivity contribution < 1.29 is 19.1 Å². The van der Waals surface area contributed by atoms with Crippen LogP contribution in [-0.4, -0.2) is 102 Å². The van der Waals surface area contributed by atoms with Gasteiger partial charge in [-0.15, -0.1) is 0 Å². The van der Waals surface area contributed by atoms with Gasteiger partial charge < -0.3 is 35.2 Å². The molecule has 3 heterocycles. The van der Waals surface area contributed by atoms with Crippen molar-refractivity contribution in [2.24, 2.45) is 5.73 Å². The molecule has 2 aromatic heterocycles. The Morgan fingerprint density at radius 1 is 0.947 bits per heavy atom. The maximum absolute atomic E-state index is 14.9. The van der Waals surface area contributed by atoms with Gasteiger partial charge in [0.1, 0.15) is 5.75 Å². The van der Waals surface area contributed by atoms with Gasteiger partial charge >= 0.3 is 0 Å². The third-order valence-corrected chi connectivity index (χ3v) is 10.7. The number of hydrogen-bond acceptors (Lipinski definition) is 9. The number of aromatic nitrogens is 3. The minimum Gasteiger partial charge on any atom is -0.496 e. The normalized spacial score (nSPS) is 13.4. The lowest BCUT2D eigenvalue weighted by Gasteiger charge is -2.29. The van der Waals surface area contributed by atoms with Gasteiger partial charge in [0.25, 0.3) is 5.91 Å². The summed E-state index contributed by atoms with van der Waals surface area (Å²) < 4.78 is 13.5. The number of hydrogen-bond donors (Lipinski definition) is 2. The monoisotopic (exact) mass is 774 g/mol. The second kappa shape index (κ2) is 18.8. The first kappa shape index (κ1) is 41.3. The van der Waals surface area contributed by atoms with E-state index in [4.69, 9.17) is 25.3 Å². The Hall–Kier alpha value is -5.30. The van der Waals surface area contributed by atoms with Crippen LogP contribution in [0.5, 0.6) is 5.75 Å². The number of pyridine rings is 1. The van der Waals surface area contributed by atoms with Gasteiger partial charge in [-0.2, -0.15) is 5.10 Å². The van der Waals surface area contributed by atoms with Gasteiger partial charge in [-0.05, 0) is 113 Å². The largest absolute Gasteiger partial charge is 0.496 e. The van der Waals surface area contributed by atoms with Gasteiger partial charge in [0.2, 0.25) is 5.91 Å². The topological polar surface area (TPSA) is 131 Å². The zero-order valence-electron chi connectivity index (χ0n) is 34.6. The van der Waals surface area contributed by atoms with Crippen LogP contribution in [-0.2, 0) is 37.3 Å². The molecule has 0 spiro atoms. The molecule has 0 bridgehead atoms. The van der Waals surface area contributed by atoms with E-state index in [1.807, 2.05) is 40.9 Å². The lowest BCUT2D eigenvalue weighted by Crippen LogP contribution is -2.33. The molecular formula is C45H58N8O4. The lowest BCUT2D eigenvalue weighted by molar-refractivity contribution is 0.0729. The van der Waals surface area contributed by atoms with Crippen molar-refractivity contribution in [2.45, 2.75) is 72.3 Å². The predicted molar refractivity (Wildman–Crippen MR) is 227 cm³/mol. The van der Waals surface area contributed by atoms with Gasteiger partial charge in [-0.3, -0.25) is 9.59 Å². The highest BCUT2D eigenvalue weighted by atomic mass is 16.5. The Morgan fingerprint density at radius 2 is 1.70 bits per heavy atom. The summed E-state index contributed by atoms with van der Waals surface area (Å²) in [5.74, 6) is -0.0490. The first-order chi connectivity index (χ1) is 27.5. The van der Waals surface area contributed by atoms with E-state index >= 15 is 0 Å². The molecule has 12 nitrogen and oxygen atoms in total. The molecule has 1 fully saturated rings. The highest BCUT2D eigenvalue weighted by molar-refractivity contribution is 6.00. The summed E-state index contributed by atoms with van der Waals surface area (Å²) in [4.78, 5) is 38.8. The standard InChI is InChI=1S/C45H58N8O4/c1-8-40-39(42(48-36-15-19-57-20-16-36)38-26-47-53(9-2)44(38)49-40)29-52(45(55)35-22-30(3)21-34(25-35)43(46)54)28-32-13-14-41(56-7)37(24-32)33-12-10-11-31(23-33)27-51(6)18-17-50(4)5/h10-14,21-26,36H,8-9,15-20,27-29H2,1-7H3,(H2,46,54)(H,48,49). The van der Waals surface area contributed by atoms with E-state index < -0.39 is 5.91 Å². The summed E-state index contributed by atoms with van der Waals surface area (Å²) in [6.07, 6.45) is 4.29. The first-order valence-corrected chi connectivity index (χ1v) is 20.0. The molecule has 1 aliphatic heterocycles. The number of fused-ring (bicyclic) bond motifs is 1. The summed E-state index contributed by atoms with van der Waals surface area (Å²) in [7, 11) is 8.00. The number of carbonyl (C=O) groups excluding carboxylic acids is 2. The predicted octanol–water partition coefficient (Wildman–Crippen LogP) is 6.52. The lowest BCUT2D eigenvalue weighted by atomic mass is 9.98. The number of amides is 2.